The molecule has 0 N–H and O–H groups in total. The van der Waals surface area contributed by atoms with Crippen molar-refractivity contribution in [2.45, 2.75) is 11.3 Å². The largest absolute Gasteiger partial charge is 0.493 e. The van der Waals surface area contributed by atoms with Crippen molar-refractivity contribution in [2.75, 3.05) is 40.4 Å². The lowest BCUT2D eigenvalue weighted by molar-refractivity contribution is -0.131. The smallest absolute Gasteiger partial charge is 0.245 e. The Hall–Kier alpha value is -2.89. The van der Waals surface area contributed by atoms with Crippen LogP contribution in [0.1, 0.15) is 5.56 Å². The highest BCUT2D eigenvalue weighted by Gasteiger charge is 2.32. The molecule has 12 heteroatoms. The molecule has 170 valence electrons. The number of methoxy groups -OCH3 is 2. The molecule has 0 radical (unpaired) electrons. The van der Waals surface area contributed by atoms with E-state index in [2.05, 4.69) is 14.9 Å². The Morgan fingerprint density at radius 3 is 2.41 bits per heavy atom. The van der Waals surface area contributed by atoms with E-state index in [1.165, 1.54) is 23.5 Å². The first-order valence-corrected chi connectivity index (χ1v) is 11.6. The Kier molecular flexibility index (Phi) is 6.22. The predicted octanol–water partition coefficient (Wildman–Crippen LogP) is 1.97. The molecule has 0 bridgehead atoms. The van der Waals surface area contributed by atoms with Gasteiger partial charge in [-0.1, -0.05) is 17.7 Å². The first kappa shape index (κ1) is 22.3. The molecule has 2 aromatic carbocycles. The molecule has 0 unspecified atom stereocenters. The number of hydrogen-bond donors (Lipinski definition) is 0. The van der Waals surface area contributed by atoms with Gasteiger partial charge in [0.25, 0.3) is 0 Å². The zero-order valence-electron chi connectivity index (χ0n) is 17.4. The normalized spacial score (nSPS) is 15.2. The van der Waals surface area contributed by atoms with E-state index >= 15 is 0 Å². The lowest BCUT2D eigenvalue weighted by atomic mass is 10.1. The number of fused-ring (bicyclic) bond motifs is 1. The van der Waals surface area contributed by atoms with Crippen molar-refractivity contribution in [3.05, 3.63) is 40.9 Å². The van der Waals surface area contributed by atoms with Crippen molar-refractivity contribution in [2.24, 2.45) is 0 Å². The average Bonchev–Trinajstić information content (AvgIpc) is 3.30. The third-order valence-electron chi connectivity index (χ3n) is 5.34. The molecule has 0 saturated carbocycles. The fraction of sp³-hybridized carbons (Fsp3) is 0.350. The van der Waals surface area contributed by atoms with Crippen LogP contribution in [0.3, 0.4) is 0 Å². The van der Waals surface area contributed by atoms with E-state index in [0.717, 1.165) is 5.56 Å². The van der Waals surface area contributed by atoms with Gasteiger partial charge in [0.15, 0.2) is 22.5 Å². The number of sulfonamides is 1. The van der Waals surface area contributed by atoms with E-state index < -0.39 is 10.0 Å². The number of halogens is 1. The zero-order valence-corrected chi connectivity index (χ0v) is 19.0. The molecule has 1 aliphatic heterocycles. The van der Waals surface area contributed by atoms with Crippen LogP contribution >= 0.6 is 11.6 Å². The van der Waals surface area contributed by atoms with Gasteiger partial charge in [0.05, 0.1) is 25.7 Å². The Bertz CT molecular complexity index is 1250. The third kappa shape index (κ3) is 4.10. The summed E-state index contributed by atoms with van der Waals surface area (Å²) in [6.45, 7) is 0.878. The van der Waals surface area contributed by atoms with Crippen molar-refractivity contribution in [1.29, 1.82) is 0 Å². The Morgan fingerprint density at radius 1 is 1.03 bits per heavy atom. The van der Waals surface area contributed by atoms with E-state index in [9.17, 15) is 13.2 Å². The SMILES string of the molecule is COc1ccc(CC(=O)N2CCN(S(=O)(=O)c3ccc(Cl)c4nonc34)CC2)cc1OC. The van der Waals surface area contributed by atoms with E-state index in [0.29, 0.717) is 11.5 Å². The third-order valence-corrected chi connectivity index (χ3v) is 7.58. The summed E-state index contributed by atoms with van der Waals surface area (Å²) >= 11 is 6.03. The van der Waals surface area contributed by atoms with Gasteiger partial charge in [-0.25, -0.2) is 13.0 Å². The number of rotatable bonds is 6. The second-order valence-corrected chi connectivity index (χ2v) is 9.47. The van der Waals surface area contributed by atoms with Crippen LogP contribution in [0.4, 0.5) is 0 Å². The molecule has 0 spiro atoms. The van der Waals surface area contributed by atoms with Crippen LogP contribution in [-0.2, 0) is 21.2 Å². The standard InChI is InChI=1S/C20H21ClN4O6S/c1-29-15-5-3-13(11-16(15)30-2)12-18(26)24-7-9-25(10-8-24)32(27,28)17-6-4-14(21)19-20(17)23-31-22-19/h3-6,11H,7-10,12H2,1-2H3. The Labute approximate surface area is 189 Å². The minimum Gasteiger partial charge on any atom is -0.493 e. The molecular formula is C20H21ClN4O6S. The van der Waals surface area contributed by atoms with Gasteiger partial charge < -0.3 is 14.4 Å². The van der Waals surface area contributed by atoms with Crippen molar-refractivity contribution in [3.8, 4) is 11.5 Å². The predicted molar refractivity (Wildman–Crippen MR) is 115 cm³/mol. The Morgan fingerprint density at radius 2 is 1.72 bits per heavy atom. The minimum absolute atomic E-state index is 0.0248. The molecule has 32 heavy (non-hydrogen) atoms. The first-order valence-electron chi connectivity index (χ1n) is 9.74. The first-order chi connectivity index (χ1) is 15.3. The van der Waals surface area contributed by atoms with Gasteiger partial charge in [-0.15, -0.1) is 0 Å². The van der Waals surface area contributed by atoms with Gasteiger partial charge in [0, 0.05) is 26.2 Å². The van der Waals surface area contributed by atoms with Gasteiger partial charge in [-0.05, 0) is 40.1 Å². The summed E-state index contributed by atoms with van der Waals surface area (Å²) in [5, 5.41) is 7.62. The molecule has 1 saturated heterocycles. The summed E-state index contributed by atoms with van der Waals surface area (Å²) in [7, 11) is -0.776. The van der Waals surface area contributed by atoms with E-state index in [1.54, 1.807) is 30.2 Å². The maximum absolute atomic E-state index is 13.2. The number of ether oxygens (including phenoxy) is 2. The van der Waals surface area contributed by atoms with Crippen LogP contribution in [0.15, 0.2) is 39.9 Å². The van der Waals surface area contributed by atoms with Crippen molar-refractivity contribution < 1.29 is 27.3 Å². The molecule has 3 aromatic rings. The number of carbonyl (C=O) groups is 1. The molecule has 10 nitrogen and oxygen atoms in total. The maximum Gasteiger partial charge on any atom is 0.245 e. The highest BCUT2D eigenvalue weighted by Crippen LogP contribution is 2.30. The summed E-state index contributed by atoms with van der Waals surface area (Å²) in [6.07, 6.45) is 0.176. The fourth-order valence-electron chi connectivity index (χ4n) is 3.62. The summed E-state index contributed by atoms with van der Waals surface area (Å²) in [6, 6.07) is 8.15. The van der Waals surface area contributed by atoms with Crippen molar-refractivity contribution >= 4 is 38.6 Å². The van der Waals surface area contributed by atoms with Gasteiger partial charge in [-0.2, -0.15) is 4.31 Å². The van der Waals surface area contributed by atoms with Crippen LogP contribution in [0.2, 0.25) is 5.02 Å². The van der Waals surface area contributed by atoms with Crippen LogP contribution in [0.5, 0.6) is 11.5 Å². The minimum atomic E-state index is -3.86. The second kappa shape index (κ2) is 8.93. The molecule has 4 rings (SSSR count). The van der Waals surface area contributed by atoms with Crippen molar-refractivity contribution in [3.63, 3.8) is 0 Å². The fourth-order valence-corrected chi connectivity index (χ4v) is 5.34. The number of carbonyl (C=O) groups excluding carboxylic acids is 1. The number of piperazine rings is 1. The number of nitrogens with zero attached hydrogens (tertiary/aromatic N) is 4. The number of aromatic nitrogens is 2. The van der Waals surface area contributed by atoms with Gasteiger partial charge in [0.2, 0.25) is 15.9 Å². The highest BCUT2D eigenvalue weighted by molar-refractivity contribution is 7.89. The zero-order chi connectivity index (χ0) is 22.9. The van der Waals surface area contributed by atoms with Crippen LogP contribution < -0.4 is 9.47 Å². The molecular weight excluding hydrogens is 460 g/mol. The van der Waals surface area contributed by atoms with Gasteiger partial charge in [0.1, 0.15) is 4.90 Å². The van der Waals surface area contributed by atoms with Crippen LogP contribution in [-0.4, -0.2) is 74.2 Å². The van der Waals surface area contributed by atoms with Crippen LogP contribution in [0.25, 0.3) is 11.0 Å². The highest BCUT2D eigenvalue weighted by atomic mass is 35.5. The molecule has 1 amide bonds. The molecule has 0 aliphatic carbocycles. The monoisotopic (exact) mass is 480 g/mol. The van der Waals surface area contributed by atoms with E-state index in [-0.39, 0.29) is 59.5 Å². The topological polar surface area (TPSA) is 115 Å². The molecule has 1 aromatic heterocycles. The van der Waals surface area contributed by atoms with E-state index in [4.69, 9.17) is 21.1 Å². The summed E-state index contributed by atoms with van der Waals surface area (Å²) < 4.78 is 42.8. The summed E-state index contributed by atoms with van der Waals surface area (Å²) in [5.74, 6) is 1.04. The number of amides is 1. The second-order valence-electron chi connectivity index (χ2n) is 7.16. The quantitative estimate of drug-likeness (QED) is 0.526. The summed E-state index contributed by atoms with van der Waals surface area (Å²) in [5.41, 5.74) is 1.06. The summed E-state index contributed by atoms with van der Waals surface area (Å²) in [4.78, 5) is 14.4. The number of benzene rings is 2. The lowest BCUT2D eigenvalue weighted by Gasteiger charge is -2.34. The molecule has 1 fully saturated rings. The van der Waals surface area contributed by atoms with Gasteiger partial charge in [-0.3, -0.25) is 4.79 Å². The molecule has 2 heterocycles. The lowest BCUT2D eigenvalue weighted by Crippen LogP contribution is -2.50. The molecule has 0 atom stereocenters. The van der Waals surface area contributed by atoms with E-state index in [1.807, 2.05) is 0 Å². The number of hydrogen-bond acceptors (Lipinski definition) is 8. The molecule has 1 aliphatic rings. The Balaban J connectivity index is 1.44. The van der Waals surface area contributed by atoms with Crippen LogP contribution in [0, 0.1) is 0 Å². The van der Waals surface area contributed by atoms with Gasteiger partial charge >= 0.3 is 0 Å². The maximum atomic E-state index is 13.2. The van der Waals surface area contributed by atoms with Crippen molar-refractivity contribution in [1.82, 2.24) is 19.5 Å². The average molecular weight is 481 g/mol.